The molecule has 0 radical (unpaired) electrons. The van der Waals surface area contributed by atoms with Gasteiger partial charge in [0.05, 0.1) is 13.2 Å². The van der Waals surface area contributed by atoms with E-state index in [0.717, 1.165) is 36.7 Å². The van der Waals surface area contributed by atoms with Gasteiger partial charge in [0.2, 0.25) is 0 Å². The van der Waals surface area contributed by atoms with Gasteiger partial charge in [-0.25, -0.2) is 4.98 Å². The van der Waals surface area contributed by atoms with Crippen LogP contribution < -0.4 is 4.90 Å². The summed E-state index contributed by atoms with van der Waals surface area (Å²) in [7, 11) is 0. The minimum atomic E-state index is 0.799. The van der Waals surface area contributed by atoms with E-state index in [1.165, 1.54) is 5.56 Å². The standard InChI is InChI=1S/C10H13BrN2O/c1-8-2-3-9(11)12-10(8)13-4-6-14-7-5-13/h2-3H,4-7H2,1H3. The fourth-order valence-corrected chi connectivity index (χ4v) is 1.89. The number of aryl methyl sites for hydroxylation is 1. The molecule has 0 aliphatic carbocycles. The van der Waals surface area contributed by atoms with Gasteiger partial charge >= 0.3 is 0 Å². The van der Waals surface area contributed by atoms with Crippen LogP contribution >= 0.6 is 15.9 Å². The molecule has 1 aromatic heterocycles. The smallest absolute Gasteiger partial charge is 0.132 e. The van der Waals surface area contributed by atoms with E-state index >= 15 is 0 Å². The number of hydrogen-bond donors (Lipinski definition) is 0. The van der Waals surface area contributed by atoms with Gasteiger partial charge in [0.15, 0.2) is 0 Å². The van der Waals surface area contributed by atoms with E-state index in [1.807, 2.05) is 6.07 Å². The molecule has 4 heteroatoms. The molecule has 0 aromatic carbocycles. The number of halogens is 1. The Balaban J connectivity index is 2.24. The molecule has 1 aliphatic heterocycles. The van der Waals surface area contributed by atoms with Crippen LogP contribution in [0.15, 0.2) is 16.7 Å². The highest BCUT2D eigenvalue weighted by molar-refractivity contribution is 9.10. The average Bonchev–Trinajstić information content (AvgIpc) is 2.23. The number of nitrogens with zero attached hydrogens (tertiary/aromatic N) is 2. The van der Waals surface area contributed by atoms with Gasteiger partial charge in [-0.05, 0) is 34.5 Å². The first-order valence-corrected chi connectivity index (χ1v) is 5.52. The van der Waals surface area contributed by atoms with Gasteiger partial charge in [0, 0.05) is 13.1 Å². The number of anilines is 1. The summed E-state index contributed by atoms with van der Waals surface area (Å²) in [5, 5.41) is 0. The first-order chi connectivity index (χ1) is 6.77. The van der Waals surface area contributed by atoms with Crippen molar-refractivity contribution in [1.82, 2.24) is 4.98 Å². The summed E-state index contributed by atoms with van der Waals surface area (Å²) < 4.78 is 6.20. The van der Waals surface area contributed by atoms with E-state index in [0.29, 0.717) is 0 Å². The van der Waals surface area contributed by atoms with Crippen molar-refractivity contribution < 1.29 is 4.74 Å². The van der Waals surface area contributed by atoms with Crippen molar-refractivity contribution in [3.8, 4) is 0 Å². The van der Waals surface area contributed by atoms with E-state index in [4.69, 9.17) is 4.74 Å². The maximum Gasteiger partial charge on any atom is 0.132 e. The van der Waals surface area contributed by atoms with Gasteiger partial charge in [-0.15, -0.1) is 0 Å². The molecule has 1 fully saturated rings. The highest BCUT2D eigenvalue weighted by atomic mass is 79.9. The average molecular weight is 257 g/mol. The molecule has 14 heavy (non-hydrogen) atoms. The third kappa shape index (κ3) is 2.07. The summed E-state index contributed by atoms with van der Waals surface area (Å²) in [6, 6.07) is 4.06. The van der Waals surface area contributed by atoms with Crippen molar-refractivity contribution in [1.29, 1.82) is 0 Å². The van der Waals surface area contributed by atoms with Gasteiger partial charge in [0.25, 0.3) is 0 Å². The van der Waals surface area contributed by atoms with Gasteiger partial charge in [-0.1, -0.05) is 6.07 Å². The normalized spacial score (nSPS) is 17.1. The highest BCUT2D eigenvalue weighted by Crippen LogP contribution is 2.20. The summed E-state index contributed by atoms with van der Waals surface area (Å²) in [5.74, 6) is 1.07. The summed E-state index contributed by atoms with van der Waals surface area (Å²) >= 11 is 3.39. The number of rotatable bonds is 1. The lowest BCUT2D eigenvalue weighted by molar-refractivity contribution is 0.122. The number of aromatic nitrogens is 1. The maximum atomic E-state index is 5.31. The number of morpholine rings is 1. The predicted molar refractivity (Wildman–Crippen MR) is 59.7 cm³/mol. The monoisotopic (exact) mass is 256 g/mol. The summed E-state index contributed by atoms with van der Waals surface area (Å²) in [4.78, 5) is 6.75. The largest absolute Gasteiger partial charge is 0.378 e. The van der Waals surface area contributed by atoms with E-state index in [-0.39, 0.29) is 0 Å². The zero-order chi connectivity index (χ0) is 9.97. The minimum absolute atomic E-state index is 0.799. The molecule has 1 aromatic rings. The van der Waals surface area contributed by atoms with Gasteiger partial charge in [0.1, 0.15) is 10.4 Å². The molecule has 1 aliphatic rings. The molecule has 0 unspecified atom stereocenters. The van der Waals surface area contributed by atoms with E-state index in [2.05, 4.69) is 38.8 Å². The van der Waals surface area contributed by atoms with Crippen LogP contribution in [0.2, 0.25) is 0 Å². The topological polar surface area (TPSA) is 25.4 Å². The van der Waals surface area contributed by atoms with E-state index in [1.54, 1.807) is 0 Å². The Hall–Kier alpha value is -0.610. The van der Waals surface area contributed by atoms with Crippen molar-refractivity contribution in [3.63, 3.8) is 0 Å². The second-order valence-corrected chi connectivity index (χ2v) is 4.19. The molecule has 2 rings (SSSR count). The lowest BCUT2D eigenvalue weighted by atomic mass is 10.2. The minimum Gasteiger partial charge on any atom is -0.378 e. The second kappa shape index (κ2) is 4.28. The van der Waals surface area contributed by atoms with Crippen LogP contribution in [0.1, 0.15) is 5.56 Å². The summed E-state index contributed by atoms with van der Waals surface area (Å²) in [6.07, 6.45) is 0. The van der Waals surface area contributed by atoms with Crippen LogP contribution in [-0.2, 0) is 4.74 Å². The van der Waals surface area contributed by atoms with Crippen molar-refractivity contribution in [3.05, 3.63) is 22.3 Å². The van der Waals surface area contributed by atoms with Crippen molar-refractivity contribution in [2.75, 3.05) is 31.2 Å². The molecular weight excluding hydrogens is 244 g/mol. The first kappa shape index (κ1) is 9.93. The van der Waals surface area contributed by atoms with Crippen LogP contribution in [0.3, 0.4) is 0 Å². The Morgan fingerprint density at radius 2 is 2.07 bits per heavy atom. The summed E-state index contributed by atoms with van der Waals surface area (Å²) in [5.41, 5.74) is 1.22. The van der Waals surface area contributed by atoms with Crippen LogP contribution in [0.5, 0.6) is 0 Å². The quantitative estimate of drug-likeness (QED) is 0.719. The van der Waals surface area contributed by atoms with E-state index in [9.17, 15) is 0 Å². The molecule has 0 amide bonds. The Kier molecular flexibility index (Phi) is 3.03. The van der Waals surface area contributed by atoms with E-state index < -0.39 is 0 Å². The molecular formula is C10H13BrN2O. The molecule has 0 N–H and O–H groups in total. The van der Waals surface area contributed by atoms with Crippen molar-refractivity contribution in [2.45, 2.75) is 6.92 Å². The number of pyridine rings is 1. The Morgan fingerprint density at radius 1 is 1.36 bits per heavy atom. The lowest BCUT2D eigenvalue weighted by Gasteiger charge is -2.29. The Labute approximate surface area is 92.2 Å². The number of hydrogen-bond acceptors (Lipinski definition) is 3. The molecule has 1 saturated heterocycles. The highest BCUT2D eigenvalue weighted by Gasteiger charge is 2.14. The van der Waals surface area contributed by atoms with Gasteiger partial charge in [-0.2, -0.15) is 0 Å². The van der Waals surface area contributed by atoms with Crippen LogP contribution in [-0.4, -0.2) is 31.3 Å². The zero-order valence-electron chi connectivity index (χ0n) is 8.16. The van der Waals surface area contributed by atoms with Crippen molar-refractivity contribution >= 4 is 21.7 Å². The molecule has 0 bridgehead atoms. The van der Waals surface area contributed by atoms with Crippen LogP contribution in [0.25, 0.3) is 0 Å². The fraction of sp³-hybridized carbons (Fsp3) is 0.500. The fourth-order valence-electron chi connectivity index (χ4n) is 1.59. The third-order valence-electron chi connectivity index (χ3n) is 2.35. The zero-order valence-corrected chi connectivity index (χ0v) is 9.75. The van der Waals surface area contributed by atoms with Gasteiger partial charge < -0.3 is 9.64 Å². The van der Waals surface area contributed by atoms with Crippen molar-refractivity contribution in [2.24, 2.45) is 0 Å². The maximum absolute atomic E-state index is 5.31. The van der Waals surface area contributed by atoms with Gasteiger partial charge in [-0.3, -0.25) is 0 Å². The SMILES string of the molecule is Cc1ccc(Br)nc1N1CCOCC1. The molecule has 0 spiro atoms. The second-order valence-electron chi connectivity index (χ2n) is 3.37. The molecule has 0 saturated carbocycles. The van der Waals surface area contributed by atoms with Crippen LogP contribution in [0.4, 0.5) is 5.82 Å². The number of ether oxygens (including phenoxy) is 1. The summed E-state index contributed by atoms with van der Waals surface area (Å²) in [6.45, 7) is 5.56. The molecule has 3 nitrogen and oxygen atoms in total. The first-order valence-electron chi connectivity index (χ1n) is 4.73. The third-order valence-corrected chi connectivity index (χ3v) is 2.79. The lowest BCUT2D eigenvalue weighted by Crippen LogP contribution is -2.37. The predicted octanol–water partition coefficient (Wildman–Crippen LogP) is 1.99. The van der Waals surface area contributed by atoms with Crippen LogP contribution in [0, 0.1) is 6.92 Å². The Morgan fingerprint density at radius 3 is 2.79 bits per heavy atom. The molecule has 76 valence electrons. The molecule has 2 heterocycles. The molecule has 0 atom stereocenters. The Bertz CT molecular complexity index is 324.